The third kappa shape index (κ3) is 3.15. The van der Waals surface area contributed by atoms with Crippen molar-refractivity contribution in [2.75, 3.05) is 0 Å². The summed E-state index contributed by atoms with van der Waals surface area (Å²) in [4.78, 5) is 22.8. The highest BCUT2D eigenvalue weighted by molar-refractivity contribution is 7.99. The lowest BCUT2D eigenvalue weighted by Crippen LogP contribution is -1.97. The Bertz CT molecular complexity index is 548. The molecular weight excluding hydrogens is 262 g/mol. The van der Waals surface area contributed by atoms with Crippen LogP contribution in [-0.4, -0.2) is 26.0 Å². The number of carboxylic acid groups (broad SMARTS) is 1. The van der Waals surface area contributed by atoms with Gasteiger partial charge in [0.05, 0.1) is 23.0 Å². The van der Waals surface area contributed by atoms with Crippen LogP contribution in [0.15, 0.2) is 40.9 Å². The van der Waals surface area contributed by atoms with E-state index in [9.17, 15) is 4.79 Å². The van der Waals surface area contributed by atoms with Crippen molar-refractivity contribution < 1.29 is 9.90 Å². The predicted molar refractivity (Wildman–Crippen MR) is 62.4 cm³/mol. The van der Waals surface area contributed by atoms with Crippen molar-refractivity contribution in [3.05, 3.63) is 41.3 Å². The van der Waals surface area contributed by atoms with E-state index >= 15 is 0 Å². The zero-order valence-electron chi connectivity index (χ0n) is 8.37. The number of rotatable bonds is 3. The van der Waals surface area contributed by atoms with Gasteiger partial charge in [-0.05, 0) is 23.9 Å². The summed E-state index contributed by atoms with van der Waals surface area (Å²) in [6, 6.07) is 2.89. The van der Waals surface area contributed by atoms with Crippen molar-refractivity contribution in [3.63, 3.8) is 0 Å². The molecule has 5 nitrogen and oxygen atoms in total. The van der Waals surface area contributed by atoms with Gasteiger partial charge in [0.2, 0.25) is 0 Å². The van der Waals surface area contributed by atoms with E-state index in [4.69, 9.17) is 16.7 Å². The van der Waals surface area contributed by atoms with Crippen LogP contribution in [0.4, 0.5) is 0 Å². The molecule has 0 aliphatic heterocycles. The van der Waals surface area contributed by atoms with Gasteiger partial charge in [-0.3, -0.25) is 0 Å². The van der Waals surface area contributed by atoms with E-state index in [1.807, 2.05) is 0 Å². The van der Waals surface area contributed by atoms with Gasteiger partial charge in [-0.2, -0.15) is 0 Å². The molecule has 0 amide bonds. The highest BCUT2D eigenvalue weighted by Crippen LogP contribution is 2.23. The van der Waals surface area contributed by atoms with Gasteiger partial charge >= 0.3 is 5.97 Å². The molecule has 0 saturated heterocycles. The monoisotopic (exact) mass is 267 g/mol. The minimum Gasteiger partial charge on any atom is -0.478 e. The molecule has 0 saturated carbocycles. The number of carbonyl (C=O) groups is 1. The topological polar surface area (TPSA) is 76.0 Å². The zero-order chi connectivity index (χ0) is 12.3. The summed E-state index contributed by atoms with van der Waals surface area (Å²) in [7, 11) is 0. The Hall–Kier alpha value is -1.66. The largest absolute Gasteiger partial charge is 0.478 e. The summed E-state index contributed by atoms with van der Waals surface area (Å²) in [5.41, 5.74) is 0.177. The van der Waals surface area contributed by atoms with Crippen LogP contribution in [0.5, 0.6) is 0 Å². The van der Waals surface area contributed by atoms with Crippen molar-refractivity contribution in [1.29, 1.82) is 0 Å². The number of halogens is 1. The molecule has 2 aromatic heterocycles. The third-order valence-corrected chi connectivity index (χ3v) is 2.80. The average molecular weight is 268 g/mol. The lowest BCUT2D eigenvalue weighted by Gasteiger charge is -2.00. The summed E-state index contributed by atoms with van der Waals surface area (Å²) >= 11 is 6.83. The first-order valence-corrected chi connectivity index (χ1v) is 5.69. The summed E-state index contributed by atoms with van der Waals surface area (Å²) in [5, 5.41) is 10.3. The van der Waals surface area contributed by atoms with Crippen molar-refractivity contribution in [3.8, 4) is 0 Å². The van der Waals surface area contributed by atoms with Crippen LogP contribution in [0.3, 0.4) is 0 Å². The minimum atomic E-state index is -0.994. The lowest BCUT2D eigenvalue weighted by atomic mass is 10.3. The van der Waals surface area contributed by atoms with E-state index in [2.05, 4.69) is 15.0 Å². The molecule has 2 heterocycles. The SMILES string of the molecule is O=C(O)c1ccnc(Sc2ncc(Cl)cn2)c1. The van der Waals surface area contributed by atoms with Gasteiger partial charge in [0.1, 0.15) is 5.03 Å². The van der Waals surface area contributed by atoms with Gasteiger partial charge in [-0.25, -0.2) is 19.7 Å². The Morgan fingerprint density at radius 2 is 2.00 bits per heavy atom. The van der Waals surface area contributed by atoms with E-state index in [-0.39, 0.29) is 5.56 Å². The Labute approximate surface area is 106 Å². The van der Waals surface area contributed by atoms with Crippen LogP contribution in [0.1, 0.15) is 10.4 Å². The third-order valence-electron chi connectivity index (χ3n) is 1.77. The Morgan fingerprint density at radius 1 is 1.29 bits per heavy atom. The number of hydrogen-bond acceptors (Lipinski definition) is 5. The molecule has 1 N–H and O–H groups in total. The molecule has 2 rings (SSSR count). The van der Waals surface area contributed by atoms with Crippen LogP contribution >= 0.6 is 23.4 Å². The smallest absolute Gasteiger partial charge is 0.335 e. The second kappa shape index (κ2) is 5.11. The Kier molecular flexibility index (Phi) is 3.55. The highest BCUT2D eigenvalue weighted by Gasteiger charge is 2.06. The number of nitrogens with zero attached hydrogens (tertiary/aromatic N) is 3. The van der Waals surface area contributed by atoms with Gasteiger partial charge in [0.15, 0.2) is 5.16 Å². The summed E-state index contributed by atoms with van der Waals surface area (Å²) < 4.78 is 0. The average Bonchev–Trinajstić information content (AvgIpc) is 2.32. The maximum Gasteiger partial charge on any atom is 0.335 e. The molecule has 17 heavy (non-hydrogen) atoms. The van der Waals surface area contributed by atoms with E-state index < -0.39 is 5.97 Å². The maximum absolute atomic E-state index is 10.8. The first-order valence-electron chi connectivity index (χ1n) is 4.50. The van der Waals surface area contributed by atoms with Gasteiger partial charge < -0.3 is 5.11 Å². The molecule has 0 unspecified atom stereocenters. The minimum absolute atomic E-state index is 0.177. The standard InChI is InChI=1S/C10H6ClN3O2S/c11-7-4-13-10(14-5-7)17-8-3-6(9(15)16)1-2-12-8/h1-5H,(H,15,16). The van der Waals surface area contributed by atoms with Gasteiger partial charge in [-0.1, -0.05) is 11.6 Å². The maximum atomic E-state index is 10.8. The number of aromatic nitrogens is 3. The summed E-state index contributed by atoms with van der Waals surface area (Å²) in [5.74, 6) is -0.994. The van der Waals surface area contributed by atoms with Crippen LogP contribution < -0.4 is 0 Å². The van der Waals surface area contributed by atoms with Crippen molar-refractivity contribution in [1.82, 2.24) is 15.0 Å². The molecule has 0 aliphatic rings. The number of hydrogen-bond donors (Lipinski definition) is 1. The molecule has 0 aromatic carbocycles. The molecule has 86 valence electrons. The summed E-state index contributed by atoms with van der Waals surface area (Å²) in [6.45, 7) is 0. The second-order valence-electron chi connectivity index (χ2n) is 2.97. The van der Waals surface area contributed by atoms with E-state index in [0.717, 1.165) is 0 Å². The van der Waals surface area contributed by atoms with Gasteiger partial charge in [0, 0.05) is 6.20 Å². The molecule has 0 radical (unpaired) electrons. The zero-order valence-corrected chi connectivity index (χ0v) is 9.94. The molecule has 7 heteroatoms. The molecule has 0 aliphatic carbocycles. The fourth-order valence-corrected chi connectivity index (χ4v) is 1.84. The Morgan fingerprint density at radius 3 is 2.65 bits per heavy atom. The van der Waals surface area contributed by atoms with Crippen LogP contribution in [-0.2, 0) is 0 Å². The van der Waals surface area contributed by atoms with Crippen LogP contribution in [0.25, 0.3) is 0 Å². The molecule has 0 bridgehead atoms. The van der Waals surface area contributed by atoms with Gasteiger partial charge in [-0.15, -0.1) is 0 Å². The summed E-state index contributed by atoms with van der Waals surface area (Å²) in [6.07, 6.45) is 4.37. The lowest BCUT2D eigenvalue weighted by molar-refractivity contribution is 0.0696. The van der Waals surface area contributed by atoms with Crippen LogP contribution in [0.2, 0.25) is 5.02 Å². The fraction of sp³-hybridized carbons (Fsp3) is 0. The predicted octanol–water partition coefficient (Wildman–Crippen LogP) is 2.37. The van der Waals surface area contributed by atoms with Gasteiger partial charge in [0.25, 0.3) is 0 Å². The first kappa shape index (κ1) is 11.8. The second-order valence-corrected chi connectivity index (χ2v) is 4.40. The molecule has 2 aromatic rings. The quantitative estimate of drug-likeness (QED) is 0.861. The number of carboxylic acids is 1. The normalized spacial score (nSPS) is 10.2. The van der Waals surface area contributed by atoms with E-state index in [1.54, 1.807) is 0 Å². The number of pyridine rings is 1. The molecular formula is C10H6ClN3O2S. The van der Waals surface area contributed by atoms with E-state index in [0.29, 0.717) is 15.2 Å². The number of aromatic carboxylic acids is 1. The van der Waals surface area contributed by atoms with Crippen molar-refractivity contribution in [2.45, 2.75) is 10.2 Å². The Balaban J connectivity index is 2.21. The van der Waals surface area contributed by atoms with Crippen LogP contribution in [0, 0.1) is 0 Å². The first-order chi connectivity index (χ1) is 8.15. The molecule has 0 spiro atoms. The fourth-order valence-electron chi connectivity index (χ4n) is 1.04. The van der Waals surface area contributed by atoms with Crippen molar-refractivity contribution in [2.24, 2.45) is 0 Å². The highest BCUT2D eigenvalue weighted by atomic mass is 35.5. The van der Waals surface area contributed by atoms with Crippen molar-refractivity contribution >= 4 is 29.3 Å². The van der Waals surface area contributed by atoms with E-state index in [1.165, 1.54) is 42.5 Å². The molecule has 0 fully saturated rings. The molecule has 0 atom stereocenters.